The summed E-state index contributed by atoms with van der Waals surface area (Å²) in [5.74, 6) is 0. The van der Waals surface area contributed by atoms with E-state index in [0.717, 1.165) is 13.1 Å². The fourth-order valence-corrected chi connectivity index (χ4v) is 1.95. The molecule has 0 radical (unpaired) electrons. The summed E-state index contributed by atoms with van der Waals surface area (Å²) in [4.78, 5) is 2.24. The molecular weight excluding hydrogens is 196 g/mol. The lowest BCUT2D eigenvalue weighted by molar-refractivity contribution is 0.336. The minimum absolute atomic E-state index is 0.712. The van der Waals surface area contributed by atoms with Crippen LogP contribution in [-0.2, 0) is 6.54 Å². The molecule has 0 atom stereocenters. The predicted octanol–water partition coefficient (Wildman–Crippen LogP) is 2.23. The average Bonchev–Trinajstić information content (AvgIpc) is 2.29. The Morgan fingerprint density at radius 1 is 1.06 bits per heavy atom. The molecule has 16 heavy (non-hydrogen) atoms. The van der Waals surface area contributed by atoms with E-state index in [1.807, 2.05) is 0 Å². The normalized spacial score (nSPS) is 11.2. The molecule has 0 bridgehead atoms. The first-order valence-corrected chi connectivity index (χ1v) is 5.66. The van der Waals surface area contributed by atoms with E-state index in [1.165, 1.54) is 16.3 Å². The Labute approximate surface area is 96.7 Å². The number of hydrogen-bond donors (Lipinski definition) is 1. The third-order valence-electron chi connectivity index (χ3n) is 2.78. The number of nitrogens with zero attached hydrogens (tertiary/aromatic N) is 1. The average molecular weight is 214 g/mol. The van der Waals surface area contributed by atoms with Crippen molar-refractivity contribution in [2.75, 3.05) is 20.1 Å². The number of fused-ring (bicyclic) bond motifs is 1. The van der Waals surface area contributed by atoms with E-state index < -0.39 is 0 Å². The van der Waals surface area contributed by atoms with E-state index >= 15 is 0 Å². The third-order valence-corrected chi connectivity index (χ3v) is 2.78. The van der Waals surface area contributed by atoms with Crippen LogP contribution in [0.4, 0.5) is 0 Å². The second-order valence-electron chi connectivity index (χ2n) is 4.21. The maximum Gasteiger partial charge on any atom is 0.0231 e. The lowest BCUT2D eigenvalue weighted by Crippen LogP contribution is -2.24. The fraction of sp³-hybridized carbons (Fsp3) is 0.286. The van der Waals surface area contributed by atoms with Crippen molar-refractivity contribution >= 4 is 10.8 Å². The van der Waals surface area contributed by atoms with Crippen LogP contribution in [0, 0.1) is 0 Å². The van der Waals surface area contributed by atoms with Crippen molar-refractivity contribution in [2.45, 2.75) is 6.54 Å². The standard InChI is InChI=1S/C14H18N2/c1-16(9-8-15)11-12-6-7-13-4-2-3-5-14(13)10-12/h2-7,10H,8-9,11,15H2,1H3. The summed E-state index contributed by atoms with van der Waals surface area (Å²) in [5, 5.41) is 2.61. The van der Waals surface area contributed by atoms with Crippen molar-refractivity contribution in [3.8, 4) is 0 Å². The van der Waals surface area contributed by atoms with Gasteiger partial charge in [0.1, 0.15) is 0 Å². The van der Waals surface area contributed by atoms with Crippen LogP contribution in [0.15, 0.2) is 42.5 Å². The second kappa shape index (κ2) is 5.10. The van der Waals surface area contributed by atoms with Gasteiger partial charge in [-0.3, -0.25) is 0 Å². The van der Waals surface area contributed by atoms with Gasteiger partial charge in [0.2, 0.25) is 0 Å². The third kappa shape index (κ3) is 2.60. The van der Waals surface area contributed by atoms with E-state index in [4.69, 9.17) is 5.73 Å². The molecule has 0 saturated carbocycles. The fourth-order valence-electron chi connectivity index (χ4n) is 1.95. The Kier molecular flexibility index (Phi) is 3.54. The van der Waals surface area contributed by atoms with E-state index in [-0.39, 0.29) is 0 Å². The highest BCUT2D eigenvalue weighted by Gasteiger charge is 2.00. The van der Waals surface area contributed by atoms with Crippen molar-refractivity contribution in [1.29, 1.82) is 0 Å². The van der Waals surface area contributed by atoms with Gasteiger partial charge in [-0.25, -0.2) is 0 Å². The zero-order valence-electron chi connectivity index (χ0n) is 9.69. The summed E-state index contributed by atoms with van der Waals surface area (Å²) in [6.45, 7) is 2.61. The van der Waals surface area contributed by atoms with Crippen molar-refractivity contribution in [3.63, 3.8) is 0 Å². The predicted molar refractivity (Wildman–Crippen MR) is 69.3 cm³/mol. The van der Waals surface area contributed by atoms with Gasteiger partial charge in [-0.05, 0) is 29.4 Å². The minimum Gasteiger partial charge on any atom is -0.329 e. The Bertz CT molecular complexity index is 465. The highest BCUT2D eigenvalue weighted by molar-refractivity contribution is 5.82. The first-order chi connectivity index (χ1) is 7.79. The number of hydrogen-bond acceptors (Lipinski definition) is 2. The summed E-state index contributed by atoms with van der Waals surface area (Å²) < 4.78 is 0. The lowest BCUT2D eigenvalue weighted by atomic mass is 10.1. The smallest absolute Gasteiger partial charge is 0.0231 e. The van der Waals surface area contributed by atoms with Gasteiger partial charge in [0, 0.05) is 19.6 Å². The van der Waals surface area contributed by atoms with Gasteiger partial charge in [-0.15, -0.1) is 0 Å². The molecular formula is C14H18N2. The minimum atomic E-state index is 0.712. The molecule has 0 heterocycles. The molecule has 2 aromatic carbocycles. The first kappa shape index (κ1) is 11.1. The molecule has 0 spiro atoms. The van der Waals surface area contributed by atoms with Crippen molar-refractivity contribution < 1.29 is 0 Å². The van der Waals surface area contributed by atoms with Crippen LogP contribution in [0.5, 0.6) is 0 Å². The number of benzene rings is 2. The Morgan fingerprint density at radius 3 is 2.56 bits per heavy atom. The number of rotatable bonds is 4. The van der Waals surface area contributed by atoms with Crippen LogP contribution >= 0.6 is 0 Å². The largest absolute Gasteiger partial charge is 0.329 e. The van der Waals surface area contributed by atoms with Crippen LogP contribution in [-0.4, -0.2) is 25.0 Å². The SMILES string of the molecule is CN(CCN)Cc1ccc2ccccc2c1. The van der Waals surface area contributed by atoms with Gasteiger partial charge >= 0.3 is 0 Å². The first-order valence-electron chi connectivity index (χ1n) is 5.66. The Morgan fingerprint density at radius 2 is 1.81 bits per heavy atom. The molecule has 0 aliphatic heterocycles. The van der Waals surface area contributed by atoms with E-state index in [0.29, 0.717) is 6.54 Å². The molecule has 2 heteroatoms. The molecule has 0 aliphatic rings. The van der Waals surface area contributed by atoms with Gasteiger partial charge in [0.15, 0.2) is 0 Å². The van der Waals surface area contributed by atoms with Crippen LogP contribution in [0.1, 0.15) is 5.56 Å². The van der Waals surface area contributed by atoms with Gasteiger partial charge in [0.25, 0.3) is 0 Å². The highest BCUT2D eigenvalue weighted by atomic mass is 15.1. The molecule has 2 nitrogen and oxygen atoms in total. The summed E-state index contributed by atoms with van der Waals surface area (Å²) >= 11 is 0. The Hall–Kier alpha value is -1.38. The van der Waals surface area contributed by atoms with Gasteiger partial charge < -0.3 is 10.6 Å². The molecule has 0 aromatic heterocycles. The quantitative estimate of drug-likeness (QED) is 0.845. The number of nitrogens with two attached hydrogens (primary N) is 1. The second-order valence-corrected chi connectivity index (χ2v) is 4.21. The molecule has 0 saturated heterocycles. The molecule has 2 N–H and O–H groups in total. The topological polar surface area (TPSA) is 29.3 Å². The van der Waals surface area contributed by atoms with Crippen LogP contribution < -0.4 is 5.73 Å². The van der Waals surface area contributed by atoms with Gasteiger partial charge in [0.05, 0.1) is 0 Å². The zero-order valence-corrected chi connectivity index (χ0v) is 9.69. The maximum atomic E-state index is 5.53. The molecule has 0 amide bonds. The number of likely N-dealkylation sites (N-methyl/N-ethyl adjacent to an activating group) is 1. The molecule has 2 aromatic rings. The van der Waals surface area contributed by atoms with E-state index in [2.05, 4.69) is 54.4 Å². The molecule has 84 valence electrons. The lowest BCUT2D eigenvalue weighted by Gasteiger charge is -2.15. The summed E-state index contributed by atoms with van der Waals surface area (Å²) in [5.41, 5.74) is 6.87. The summed E-state index contributed by atoms with van der Waals surface area (Å²) in [6.07, 6.45) is 0. The monoisotopic (exact) mass is 214 g/mol. The molecule has 0 aliphatic carbocycles. The molecule has 2 rings (SSSR count). The maximum absolute atomic E-state index is 5.53. The molecule has 0 unspecified atom stereocenters. The van der Waals surface area contributed by atoms with E-state index in [1.54, 1.807) is 0 Å². The van der Waals surface area contributed by atoms with Crippen LogP contribution in [0.25, 0.3) is 10.8 Å². The van der Waals surface area contributed by atoms with Gasteiger partial charge in [-0.2, -0.15) is 0 Å². The zero-order chi connectivity index (χ0) is 11.4. The van der Waals surface area contributed by atoms with Crippen molar-refractivity contribution in [1.82, 2.24) is 4.90 Å². The van der Waals surface area contributed by atoms with E-state index in [9.17, 15) is 0 Å². The molecule has 0 fully saturated rings. The van der Waals surface area contributed by atoms with Crippen LogP contribution in [0.2, 0.25) is 0 Å². The Balaban J connectivity index is 2.19. The van der Waals surface area contributed by atoms with Crippen molar-refractivity contribution in [3.05, 3.63) is 48.0 Å². The highest BCUT2D eigenvalue weighted by Crippen LogP contribution is 2.16. The summed E-state index contributed by atoms with van der Waals surface area (Å²) in [7, 11) is 2.10. The van der Waals surface area contributed by atoms with Crippen LogP contribution in [0.3, 0.4) is 0 Å². The summed E-state index contributed by atoms with van der Waals surface area (Å²) in [6, 6.07) is 15.1. The van der Waals surface area contributed by atoms with Crippen molar-refractivity contribution in [2.24, 2.45) is 5.73 Å². The van der Waals surface area contributed by atoms with Gasteiger partial charge in [-0.1, -0.05) is 36.4 Å².